The van der Waals surface area contributed by atoms with Gasteiger partial charge in [0, 0.05) is 18.0 Å². The van der Waals surface area contributed by atoms with Crippen LogP contribution in [0.5, 0.6) is 5.75 Å². The van der Waals surface area contributed by atoms with E-state index in [1.54, 1.807) is 7.11 Å². The Morgan fingerprint density at radius 1 is 1.33 bits per heavy atom. The van der Waals surface area contributed by atoms with Gasteiger partial charge in [0.15, 0.2) is 0 Å². The molecule has 1 saturated carbocycles. The van der Waals surface area contributed by atoms with Gasteiger partial charge < -0.3 is 19.4 Å². The number of amides is 1. The van der Waals surface area contributed by atoms with E-state index in [0.29, 0.717) is 12.3 Å². The number of benzene rings is 1. The molecule has 2 heterocycles. The first kappa shape index (κ1) is 15.5. The first-order chi connectivity index (χ1) is 11.6. The van der Waals surface area contributed by atoms with Crippen LogP contribution < -0.4 is 10.1 Å². The van der Waals surface area contributed by atoms with Crippen molar-refractivity contribution in [3.8, 4) is 5.75 Å². The van der Waals surface area contributed by atoms with Crippen molar-refractivity contribution in [2.24, 2.45) is 7.05 Å². The second-order valence-electron chi connectivity index (χ2n) is 7.09. The summed E-state index contributed by atoms with van der Waals surface area (Å²) in [5.74, 6) is 0.767. The van der Waals surface area contributed by atoms with Crippen LogP contribution in [-0.2, 0) is 11.8 Å². The monoisotopic (exact) mass is 328 g/mol. The zero-order valence-corrected chi connectivity index (χ0v) is 14.3. The van der Waals surface area contributed by atoms with E-state index < -0.39 is 0 Å². The third-order valence-electron chi connectivity index (χ3n) is 5.54. The Morgan fingerprint density at radius 2 is 2.12 bits per heavy atom. The van der Waals surface area contributed by atoms with E-state index in [-0.39, 0.29) is 17.6 Å². The number of aryl methyl sites for hydroxylation is 1. The molecule has 2 aliphatic rings. The Balaban J connectivity index is 1.52. The van der Waals surface area contributed by atoms with E-state index in [4.69, 9.17) is 9.47 Å². The van der Waals surface area contributed by atoms with Crippen LogP contribution in [-0.4, -0.2) is 35.8 Å². The van der Waals surface area contributed by atoms with Gasteiger partial charge in [0.05, 0.1) is 25.4 Å². The second-order valence-corrected chi connectivity index (χ2v) is 7.09. The largest absolute Gasteiger partial charge is 0.497 e. The number of aromatic nitrogens is 1. The average molecular weight is 328 g/mol. The van der Waals surface area contributed by atoms with Crippen molar-refractivity contribution in [1.82, 2.24) is 9.88 Å². The van der Waals surface area contributed by atoms with Crippen molar-refractivity contribution in [2.75, 3.05) is 13.7 Å². The van der Waals surface area contributed by atoms with E-state index >= 15 is 0 Å². The first-order valence-electron chi connectivity index (χ1n) is 8.68. The van der Waals surface area contributed by atoms with E-state index in [1.165, 1.54) is 12.8 Å². The highest BCUT2D eigenvalue weighted by molar-refractivity contribution is 5.99. The van der Waals surface area contributed by atoms with Crippen LogP contribution in [0.4, 0.5) is 0 Å². The number of hydrogen-bond donors (Lipinski definition) is 1. The molecule has 1 aromatic heterocycles. The lowest BCUT2D eigenvalue weighted by Crippen LogP contribution is -2.37. The molecule has 0 unspecified atom stereocenters. The van der Waals surface area contributed by atoms with Crippen LogP contribution in [0, 0.1) is 0 Å². The fourth-order valence-electron chi connectivity index (χ4n) is 4.24. The van der Waals surface area contributed by atoms with E-state index in [2.05, 4.69) is 5.32 Å². The van der Waals surface area contributed by atoms with Crippen LogP contribution in [0.2, 0.25) is 0 Å². The van der Waals surface area contributed by atoms with Crippen LogP contribution in [0.3, 0.4) is 0 Å². The van der Waals surface area contributed by atoms with E-state index in [0.717, 1.165) is 35.9 Å². The quantitative estimate of drug-likeness (QED) is 0.942. The molecule has 2 fully saturated rings. The van der Waals surface area contributed by atoms with E-state index in [1.807, 2.05) is 35.9 Å². The molecule has 1 atom stereocenters. The molecule has 1 amide bonds. The molecule has 1 aromatic carbocycles. The van der Waals surface area contributed by atoms with Crippen LogP contribution in [0.25, 0.3) is 10.9 Å². The molecule has 1 spiro atoms. The predicted octanol–water partition coefficient (Wildman–Crippen LogP) is 3.02. The molecule has 24 heavy (non-hydrogen) atoms. The van der Waals surface area contributed by atoms with Crippen molar-refractivity contribution in [3.63, 3.8) is 0 Å². The lowest BCUT2D eigenvalue weighted by atomic mass is 9.96. The highest BCUT2D eigenvalue weighted by Crippen LogP contribution is 2.40. The minimum absolute atomic E-state index is 0.0312. The number of ether oxygens (including phenoxy) is 2. The maximum absolute atomic E-state index is 12.7. The minimum atomic E-state index is -0.0312. The maximum atomic E-state index is 12.7. The Hall–Kier alpha value is -2.01. The second kappa shape index (κ2) is 5.81. The van der Waals surface area contributed by atoms with Crippen molar-refractivity contribution < 1.29 is 14.3 Å². The third kappa shape index (κ3) is 2.57. The number of nitrogens with one attached hydrogen (secondary N) is 1. The van der Waals surface area contributed by atoms with Gasteiger partial charge in [-0.1, -0.05) is 12.8 Å². The number of methoxy groups -OCH3 is 1. The van der Waals surface area contributed by atoms with E-state index in [9.17, 15) is 4.79 Å². The highest BCUT2D eigenvalue weighted by Gasteiger charge is 2.42. The predicted molar refractivity (Wildman–Crippen MR) is 92.5 cm³/mol. The summed E-state index contributed by atoms with van der Waals surface area (Å²) < 4.78 is 13.2. The van der Waals surface area contributed by atoms with Gasteiger partial charge in [0.1, 0.15) is 11.4 Å². The molecule has 1 aliphatic heterocycles. The van der Waals surface area contributed by atoms with Gasteiger partial charge in [0.25, 0.3) is 5.91 Å². The molecule has 2 aromatic rings. The number of carbonyl (C=O) groups is 1. The number of carbonyl (C=O) groups excluding carboxylic acids is 1. The summed E-state index contributed by atoms with van der Waals surface area (Å²) in [7, 11) is 3.57. The minimum Gasteiger partial charge on any atom is -0.497 e. The lowest BCUT2D eigenvalue weighted by Gasteiger charge is -2.21. The fourth-order valence-corrected chi connectivity index (χ4v) is 4.24. The Kier molecular flexibility index (Phi) is 3.76. The third-order valence-corrected chi connectivity index (χ3v) is 5.54. The summed E-state index contributed by atoms with van der Waals surface area (Å²) in [5, 5.41) is 4.17. The summed E-state index contributed by atoms with van der Waals surface area (Å²) in [5.41, 5.74) is 1.73. The van der Waals surface area contributed by atoms with Gasteiger partial charge in [-0.2, -0.15) is 0 Å². The first-order valence-corrected chi connectivity index (χ1v) is 8.68. The zero-order chi connectivity index (χ0) is 16.7. The molecule has 1 N–H and O–H groups in total. The molecule has 0 radical (unpaired) electrons. The summed E-state index contributed by atoms with van der Waals surface area (Å²) in [6.07, 6.45) is 5.69. The molecular weight excluding hydrogens is 304 g/mol. The fraction of sp³-hybridized carbons (Fsp3) is 0.526. The number of hydrogen-bond acceptors (Lipinski definition) is 3. The molecular formula is C19H24N2O3. The summed E-state index contributed by atoms with van der Waals surface area (Å²) in [4.78, 5) is 12.7. The van der Waals surface area contributed by atoms with Gasteiger partial charge in [-0.25, -0.2) is 0 Å². The summed E-state index contributed by atoms with van der Waals surface area (Å²) >= 11 is 0. The smallest absolute Gasteiger partial charge is 0.268 e. The maximum Gasteiger partial charge on any atom is 0.268 e. The molecule has 5 heteroatoms. The number of rotatable bonds is 3. The summed E-state index contributed by atoms with van der Waals surface area (Å²) in [6.45, 7) is 0.628. The SMILES string of the molecule is COc1ccc2c(c1)cc(C(=O)N[C@H]1COC3(CCCC3)C1)n2C. The van der Waals surface area contributed by atoms with Crippen LogP contribution in [0.15, 0.2) is 24.3 Å². The van der Waals surface area contributed by atoms with Gasteiger partial charge in [0.2, 0.25) is 0 Å². The highest BCUT2D eigenvalue weighted by atomic mass is 16.5. The molecule has 128 valence electrons. The Labute approximate surface area is 141 Å². The van der Waals surface area contributed by atoms with Crippen molar-refractivity contribution >= 4 is 16.8 Å². The molecule has 0 bridgehead atoms. The van der Waals surface area contributed by atoms with Crippen LogP contribution in [0.1, 0.15) is 42.6 Å². The average Bonchev–Trinajstić information content (AvgIpc) is 3.28. The van der Waals surface area contributed by atoms with Crippen molar-refractivity contribution in [1.29, 1.82) is 0 Å². The van der Waals surface area contributed by atoms with Gasteiger partial charge in [-0.05, 0) is 43.5 Å². The standard InChI is InChI=1S/C19H24N2O3/c1-21-16-6-5-15(23-2)9-13(16)10-17(21)18(22)20-14-11-19(24-12-14)7-3-4-8-19/h5-6,9-10,14H,3-4,7-8,11-12H2,1-2H3,(H,20,22)/t14-/m1/s1. The van der Waals surface area contributed by atoms with Crippen LogP contribution >= 0.6 is 0 Å². The van der Waals surface area contributed by atoms with Crippen molar-refractivity contribution in [2.45, 2.75) is 43.7 Å². The molecule has 5 nitrogen and oxygen atoms in total. The van der Waals surface area contributed by atoms with Gasteiger partial charge in [-0.3, -0.25) is 4.79 Å². The van der Waals surface area contributed by atoms with Gasteiger partial charge >= 0.3 is 0 Å². The lowest BCUT2D eigenvalue weighted by molar-refractivity contribution is 0.00987. The molecule has 1 aliphatic carbocycles. The van der Waals surface area contributed by atoms with Crippen molar-refractivity contribution in [3.05, 3.63) is 30.0 Å². The molecule has 1 saturated heterocycles. The zero-order valence-electron chi connectivity index (χ0n) is 14.3. The topological polar surface area (TPSA) is 52.5 Å². The molecule has 4 rings (SSSR count). The Morgan fingerprint density at radius 3 is 2.88 bits per heavy atom. The number of nitrogens with zero attached hydrogens (tertiary/aromatic N) is 1. The normalized spacial score (nSPS) is 22.3. The van der Waals surface area contributed by atoms with Gasteiger partial charge in [-0.15, -0.1) is 0 Å². The number of fused-ring (bicyclic) bond motifs is 1. The summed E-state index contributed by atoms with van der Waals surface area (Å²) in [6, 6.07) is 7.89. The Bertz CT molecular complexity index is 774.